The molecule has 1 aromatic heterocycles. The Morgan fingerprint density at radius 1 is 1.06 bits per heavy atom. The van der Waals surface area contributed by atoms with E-state index in [0.29, 0.717) is 0 Å². The fourth-order valence-electron chi connectivity index (χ4n) is 1.79. The van der Waals surface area contributed by atoms with Crippen molar-refractivity contribution in [3.8, 4) is 5.69 Å². The van der Waals surface area contributed by atoms with Gasteiger partial charge in [-0.15, -0.1) is 0 Å². The highest BCUT2D eigenvalue weighted by molar-refractivity contribution is 5.83. The topological polar surface area (TPSA) is 17.8 Å². The van der Waals surface area contributed by atoms with Gasteiger partial charge in [-0.3, -0.25) is 0 Å². The SMILES string of the molecule is Cc1ccn(-c2[c]c3ccccc3cc2)n1. The van der Waals surface area contributed by atoms with Crippen LogP contribution in [0.1, 0.15) is 5.69 Å². The molecule has 0 N–H and O–H groups in total. The standard InChI is InChI=1S/C14H11N2/c1-11-8-9-16(15-11)14-7-6-12-4-2-3-5-13(12)10-14/h2-9H,1H3. The number of rotatable bonds is 1. The molecule has 0 spiro atoms. The molecule has 0 unspecified atom stereocenters. The third-order valence-corrected chi connectivity index (χ3v) is 2.61. The zero-order valence-corrected chi connectivity index (χ0v) is 9.01. The smallest absolute Gasteiger partial charge is 0.0731 e. The van der Waals surface area contributed by atoms with Crippen molar-refractivity contribution in [3.05, 3.63) is 60.4 Å². The van der Waals surface area contributed by atoms with Crippen LogP contribution in [0.2, 0.25) is 0 Å². The van der Waals surface area contributed by atoms with E-state index in [1.165, 1.54) is 5.39 Å². The van der Waals surface area contributed by atoms with Crippen molar-refractivity contribution in [2.24, 2.45) is 0 Å². The molecular formula is C14H11N2. The van der Waals surface area contributed by atoms with Gasteiger partial charge in [0.25, 0.3) is 0 Å². The van der Waals surface area contributed by atoms with Gasteiger partial charge in [-0.05, 0) is 29.8 Å². The number of benzene rings is 2. The molecule has 0 bridgehead atoms. The molecule has 77 valence electrons. The highest BCUT2D eigenvalue weighted by Gasteiger charge is 2.00. The molecule has 0 saturated heterocycles. The molecule has 3 rings (SSSR count). The van der Waals surface area contributed by atoms with Crippen molar-refractivity contribution in [2.75, 3.05) is 0 Å². The Morgan fingerprint density at radius 2 is 1.94 bits per heavy atom. The van der Waals surface area contributed by atoms with Crippen LogP contribution < -0.4 is 0 Å². The number of nitrogens with zero attached hydrogens (tertiary/aromatic N) is 2. The van der Waals surface area contributed by atoms with E-state index in [-0.39, 0.29) is 0 Å². The first-order valence-corrected chi connectivity index (χ1v) is 5.27. The van der Waals surface area contributed by atoms with Crippen molar-refractivity contribution < 1.29 is 0 Å². The lowest BCUT2D eigenvalue weighted by Crippen LogP contribution is -1.94. The van der Waals surface area contributed by atoms with Crippen LogP contribution in [0.5, 0.6) is 0 Å². The van der Waals surface area contributed by atoms with Gasteiger partial charge in [-0.25, -0.2) is 4.68 Å². The van der Waals surface area contributed by atoms with Crippen LogP contribution in [0.15, 0.2) is 48.7 Å². The summed E-state index contributed by atoms with van der Waals surface area (Å²) in [6.45, 7) is 1.98. The zero-order chi connectivity index (χ0) is 11.0. The Labute approximate surface area is 94.1 Å². The number of fused-ring (bicyclic) bond motifs is 1. The Balaban J connectivity index is 2.18. The normalized spacial score (nSPS) is 10.8. The van der Waals surface area contributed by atoms with E-state index in [4.69, 9.17) is 0 Å². The first-order chi connectivity index (χ1) is 7.83. The van der Waals surface area contributed by atoms with Crippen LogP contribution in [0.25, 0.3) is 16.5 Å². The fraction of sp³-hybridized carbons (Fsp3) is 0.0714. The van der Waals surface area contributed by atoms with E-state index < -0.39 is 0 Å². The van der Waals surface area contributed by atoms with Gasteiger partial charge in [-0.2, -0.15) is 5.10 Å². The van der Waals surface area contributed by atoms with Gasteiger partial charge in [0.15, 0.2) is 0 Å². The Bertz CT molecular complexity index is 638. The van der Waals surface area contributed by atoms with Gasteiger partial charge in [0.05, 0.1) is 11.4 Å². The summed E-state index contributed by atoms with van der Waals surface area (Å²) < 4.78 is 1.85. The Kier molecular flexibility index (Phi) is 2.00. The molecule has 1 radical (unpaired) electrons. The molecule has 1 heterocycles. The maximum atomic E-state index is 4.37. The molecule has 0 aliphatic rings. The molecule has 2 heteroatoms. The summed E-state index contributed by atoms with van der Waals surface area (Å²) in [4.78, 5) is 0. The minimum Gasteiger partial charge on any atom is -0.240 e. The molecule has 0 saturated carbocycles. The summed E-state index contributed by atoms with van der Waals surface area (Å²) in [5.41, 5.74) is 1.99. The quantitative estimate of drug-likeness (QED) is 0.599. The Morgan fingerprint density at radius 3 is 2.75 bits per heavy atom. The molecule has 2 aromatic carbocycles. The molecule has 0 aliphatic heterocycles. The largest absolute Gasteiger partial charge is 0.240 e. The lowest BCUT2D eigenvalue weighted by atomic mass is 10.1. The van der Waals surface area contributed by atoms with Gasteiger partial charge < -0.3 is 0 Å². The van der Waals surface area contributed by atoms with Gasteiger partial charge in [-0.1, -0.05) is 30.3 Å². The van der Waals surface area contributed by atoms with Crippen LogP contribution in [-0.2, 0) is 0 Å². The molecule has 2 nitrogen and oxygen atoms in total. The van der Waals surface area contributed by atoms with E-state index >= 15 is 0 Å². The van der Waals surface area contributed by atoms with Crippen LogP contribution in [-0.4, -0.2) is 9.78 Å². The van der Waals surface area contributed by atoms with Crippen LogP contribution in [0.4, 0.5) is 0 Å². The number of aromatic nitrogens is 2. The minimum absolute atomic E-state index is 0.979. The second-order valence-electron chi connectivity index (χ2n) is 3.83. The molecule has 0 fully saturated rings. The summed E-state index contributed by atoms with van der Waals surface area (Å²) in [5.74, 6) is 0. The molecular weight excluding hydrogens is 196 g/mol. The molecule has 0 atom stereocenters. The highest BCUT2D eigenvalue weighted by atomic mass is 15.3. The average molecular weight is 207 g/mol. The summed E-state index contributed by atoms with van der Waals surface area (Å²) >= 11 is 0. The molecule has 16 heavy (non-hydrogen) atoms. The van der Waals surface area contributed by atoms with Gasteiger partial charge in [0.1, 0.15) is 0 Å². The van der Waals surface area contributed by atoms with E-state index in [2.05, 4.69) is 29.4 Å². The van der Waals surface area contributed by atoms with E-state index in [1.54, 1.807) is 0 Å². The molecule has 0 aliphatic carbocycles. The van der Waals surface area contributed by atoms with E-state index in [0.717, 1.165) is 16.8 Å². The third-order valence-electron chi connectivity index (χ3n) is 2.61. The summed E-state index contributed by atoms with van der Waals surface area (Å²) in [7, 11) is 0. The van der Waals surface area contributed by atoms with E-state index in [9.17, 15) is 0 Å². The van der Waals surface area contributed by atoms with Crippen LogP contribution >= 0.6 is 0 Å². The summed E-state index contributed by atoms with van der Waals surface area (Å²) in [6, 6.07) is 17.7. The van der Waals surface area contributed by atoms with Crippen molar-refractivity contribution >= 4 is 10.8 Å². The first-order valence-electron chi connectivity index (χ1n) is 5.27. The predicted octanol–water partition coefficient (Wildman–Crippen LogP) is 3.13. The van der Waals surface area contributed by atoms with Crippen LogP contribution in [0.3, 0.4) is 0 Å². The number of hydrogen-bond donors (Lipinski definition) is 0. The highest BCUT2D eigenvalue weighted by Crippen LogP contribution is 2.17. The van der Waals surface area contributed by atoms with Crippen molar-refractivity contribution in [2.45, 2.75) is 6.92 Å². The second-order valence-corrected chi connectivity index (χ2v) is 3.83. The third kappa shape index (κ3) is 1.48. The average Bonchev–Trinajstić information content (AvgIpc) is 2.75. The predicted molar refractivity (Wildman–Crippen MR) is 64.6 cm³/mol. The van der Waals surface area contributed by atoms with E-state index in [1.807, 2.05) is 42.1 Å². The number of hydrogen-bond acceptors (Lipinski definition) is 1. The van der Waals surface area contributed by atoms with Crippen molar-refractivity contribution in [1.82, 2.24) is 9.78 Å². The molecule has 3 aromatic rings. The number of aryl methyl sites for hydroxylation is 1. The Hall–Kier alpha value is -2.09. The van der Waals surface area contributed by atoms with Gasteiger partial charge in [0.2, 0.25) is 0 Å². The van der Waals surface area contributed by atoms with Crippen molar-refractivity contribution in [3.63, 3.8) is 0 Å². The summed E-state index contributed by atoms with van der Waals surface area (Å²) in [6.07, 6.45) is 1.95. The lowest BCUT2D eigenvalue weighted by Gasteiger charge is -2.02. The maximum Gasteiger partial charge on any atom is 0.0731 e. The molecule has 0 amide bonds. The monoisotopic (exact) mass is 207 g/mol. The lowest BCUT2D eigenvalue weighted by molar-refractivity contribution is 0.863. The van der Waals surface area contributed by atoms with Gasteiger partial charge in [0, 0.05) is 12.3 Å². The maximum absolute atomic E-state index is 4.37. The zero-order valence-electron chi connectivity index (χ0n) is 9.01. The summed E-state index contributed by atoms with van der Waals surface area (Å²) in [5, 5.41) is 6.70. The second kappa shape index (κ2) is 3.49. The first kappa shape index (κ1) is 9.16. The van der Waals surface area contributed by atoms with Gasteiger partial charge >= 0.3 is 0 Å². The van der Waals surface area contributed by atoms with Crippen molar-refractivity contribution in [1.29, 1.82) is 0 Å². The fourth-order valence-corrected chi connectivity index (χ4v) is 1.79. The minimum atomic E-state index is 0.979. The van der Waals surface area contributed by atoms with Crippen LogP contribution in [0, 0.1) is 13.0 Å².